The number of nitrogens with one attached hydrogen (secondary N) is 1. The molecule has 7 heteroatoms. The maximum absolute atomic E-state index is 10.5. The quantitative estimate of drug-likeness (QED) is 0.617. The zero-order valence-corrected chi connectivity index (χ0v) is 11.1. The summed E-state index contributed by atoms with van der Waals surface area (Å²) < 4.78 is 1.36. The summed E-state index contributed by atoms with van der Waals surface area (Å²) in [5.74, 6) is 0. The zero-order chi connectivity index (χ0) is 14.5. The van der Waals surface area contributed by atoms with Gasteiger partial charge in [0.2, 0.25) is 0 Å². The van der Waals surface area contributed by atoms with Gasteiger partial charge in [0.1, 0.15) is 12.4 Å². The van der Waals surface area contributed by atoms with Crippen LogP contribution in [0.15, 0.2) is 36.7 Å². The fourth-order valence-electron chi connectivity index (χ4n) is 1.73. The van der Waals surface area contributed by atoms with Crippen molar-refractivity contribution in [3.8, 4) is 0 Å². The number of aliphatic hydroxyl groups is 1. The number of hydrogen-bond donors (Lipinski definition) is 2. The van der Waals surface area contributed by atoms with Crippen molar-refractivity contribution in [3.05, 3.63) is 52.3 Å². The molecule has 1 unspecified atom stereocenters. The molecule has 0 aliphatic carbocycles. The number of aliphatic hydroxyl groups excluding tert-OH is 1. The van der Waals surface area contributed by atoms with Crippen molar-refractivity contribution in [2.75, 3.05) is 11.9 Å². The van der Waals surface area contributed by atoms with E-state index in [1.54, 1.807) is 0 Å². The smallest absolute Gasteiger partial charge is 0.306 e. The lowest BCUT2D eigenvalue weighted by molar-refractivity contribution is -0.385. The second-order valence-corrected chi connectivity index (χ2v) is 4.58. The van der Waals surface area contributed by atoms with Crippen LogP contribution in [0.25, 0.3) is 0 Å². The van der Waals surface area contributed by atoms with E-state index >= 15 is 0 Å². The molecule has 0 saturated heterocycles. The number of nitro groups is 1. The van der Waals surface area contributed by atoms with E-state index in [1.807, 2.05) is 31.2 Å². The molecule has 2 N–H and O–H groups in total. The summed E-state index contributed by atoms with van der Waals surface area (Å²) in [5.41, 5.74) is 2.00. The van der Waals surface area contributed by atoms with Gasteiger partial charge in [-0.1, -0.05) is 17.7 Å². The van der Waals surface area contributed by atoms with E-state index < -0.39 is 11.0 Å². The first kappa shape index (κ1) is 14.0. The van der Waals surface area contributed by atoms with Gasteiger partial charge in [-0.05, 0) is 19.1 Å². The van der Waals surface area contributed by atoms with E-state index in [0.29, 0.717) is 6.54 Å². The van der Waals surface area contributed by atoms with Crippen LogP contribution in [0.2, 0.25) is 0 Å². The summed E-state index contributed by atoms with van der Waals surface area (Å²) in [6.07, 6.45) is 1.78. The molecule has 0 radical (unpaired) electrons. The van der Waals surface area contributed by atoms with Gasteiger partial charge in [-0.15, -0.1) is 0 Å². The predicted octanol–water partition coefficient (Wildman–Crippen LogP) is 1.57. The molecule has 0 aliphatic heterocycles. The summed E-state index contributed by atoms with van der Waals surface area (Å²) in [4.78, 5) is 10.0. The van der Waals surface area contributed by atoms with Gasteiger partial charge in [0.15, 0.2) is 0 Å². The Morgan fingerprint density at radius 1 is 1.45 bits per heavy atom. The van der Waals surface area contributed by atoms with Crippen molar-refractivity contribution in [1.29, 1.82) is 0 Å². The van der Waals surface area contributed by atoms with E-state index in [0.717, 1.165) is 5.69 Å². The van der Waals surface area contributed by atoms with Gasteiger partial charge in [0.05, 0.1) is 17.6 Å². The Hall–Kier alpha value is -2.41. The molecule has 0 amide bonds. The van der Waals surface area contributed by atoms with Gasteiger partial charge >= 0.3 is 5.69 Å². The zero-order valence-electron chi connectivity index (χ0n) is 11.1. The second-order valence-electron chi connectivity index (χ2n) is 4.58. The molecule has 0 aliphatic rings. The first-order valence-corrected chi connectivity index (χ1v) is 6.20. The predicted molar refractivity (Wildman–Crippen MR) is 74.6 cm³/mol. The Labute approximate surface area is 116 Å². The lowest BCUT2D eigenvalue weighted by atomic mass is 10.2. The summed E-state index contributed by atoms with van der Waals surface area (Å²) in [5, 5.41) is 27.3. The van der Waals surface area contributed by atoms with Gasteiger partial charge in [0.25, 0.3) is 0 Å². The van der Waals surface area contributed by atoms with Gasteiger partial charge in [0, 0.05) is 12.2 Å². The fourth-order valence-corrected chi connectivity index (χ4v) is 1.73. The third kappa shape index (κ3) is 3.79. The van der Waals surface area contributed by atoms with E-state index in [4.69, 9.17) is 0 Å². The fraction of sp³-hybridized carbons (Fsp3) is 0.308. The van der Waals surface area contributed by atoms with Crippen LogP contribution in [-0.2, 0) is 6.54 Å². The molecule has 1 heterocycles. The Morgan fingerprint density at radius 2 is 2.15 bits per heavy atom. The van der Waals surface area contributed by atoms with Crippen LogP contribution in [0.3, 0.4) is 0 Å². The minimum absolute atomic E-state index is 0.0799. The Bertz CT molecular complexity index is 580. The molecule has 0 bridgehead atoms. The van der Waals surface area contributed by atoms with Crippen LogP contribution < -0.4 is 5.32 Å². The number of aromatic nitrogens is 2. The molecule has 1 atom stereocenters. The number of anilines is 1. The molecule has 2 aromatic rings. The van der Waals surface area contributed by atoms with Crippen LogP contribution in [0, 0.1) is 17.0 Å². The highest BCUT2D eigenvalue weighted by atomic mass is 16.6. The third-order valence-corrected chi connectivity index (χ3v) is 2.82. The van der Waals surface area contributed by atoms with Crippen LogP contribution in [0.1, 0.15) is 5.56 Å². The van der Waals surface area contributed by atoms with Crippen molar-refractivity contribution in [2.24, 2.45) is 0 Å². The molecule has 2 rings (SSSR count). The number of aryl methyl sites for hydroxylation is 1. The van der Waals surface area contributed by atoms with E-state index in [-0.39, 0.29) is 12.2 Å². The molecule has 0 fully saturated rings. The van der Waals surface area contributed by atoms with Crippen molar-refractivity contribution < 1.29 is 10.0 Å². The molecule has 7 nitrogen and oxygen atoms in total. The van der Waals surface area contributed by atoms with Crippen LogP contribution in [-0.4, -0.2) is 32.5 Å². The van der Waals surface area contributed by atoms with E-state index in [9.17, 15) is 15.2 Å². The minimum atomic E-state index is -0.684. The first-order chi connectivity index (χ1) is 9.54. The second kappa shape index (κ2) is 6.16. The largest absolute Gasteiger partial charge is 0.389 e. The van der Waals surface area contributed by atoms with Crippen LogP contribution >= 0.6 is 0 Å². The highest BCUT2D eigenvalue weighted by molar-refractivity contribution is 5.44. The number of nitrogens with zero attached hydrogens (tertiary/aromatic N) is 3. The monoisotopic (exact) mass is 276 g/mol. The maximum Gasteiger partial charge on any atom is 0.306 e. The van der Waals surface area contributed by atoms with E-state index in [1.165, 1.54) is 22.6 Å². The molecule has 106 valence electrons. The lowest BCUT2D eigenvalue weighted by Gasteiger charge is -2.12. The van der Waals surface area contributed by atoms with Crippen molar-refractivity contribution in [2.45, 2.75) is 19.6 Å². The number of benzene rings is 1. The SMILES string of the molecule is Cc1ccc(NCC(O)Cn2cc([N+](=O)[O-])cn2)cc1. The normalized spacial score (nSPS) is 12.1. The molecule has 0 saturated carbocycles. The number of rotatable bonds is 6. The lowest BCUT2D eigenvalue weighted by Crippen LogP contribution is -2.25. The standard InChI is InChI=1S/C13H16N4O3/c1-10-2-4-11(5-3-10)14-7-13(18)9-16-8-12(6-15-16)17(19)20/h2-6,8,13-14,18H,7,9H2,1H3. The van der Waals surface area contributed by atoms with Crippen LogP contribution in [0.5, 0.6) is 0 Å². The minimum Gasteiger partial charge on any atom is -0.389 e. The van der Waals surface area contributed by atoms with Crippen LogP contribution in [0.4, 0.5) is 11.4 Å². The molecular formula is C13H16N4O3. The van der Waals surface area contributed by atoms with Gasteiger partial charge < -0.3 is 10.4 Å². The van der Waals surface area contributed by atoms with Gasteiger partial charge in [-0.25, -0.2) is 0 Å². The van der Waals surface area contributed by atoms with Crippen molar-refractivity contribution >= 4 is 11.4 Å². The molecule has 1 aromatic heterocycles. The third-order valence-electron chi connectivity index (χ3n) is 2.82. The van der Waals surface area contributed by atoms with Gasteiger partial charge in [-0.2, -0.15) is 5.10 Å². The molecule has 0 spiro atoms. The molecule has 1 aromatic carbocycles. The topological polar surface area (TPSA) is 93.2 Å². The summed E-state index contributed by atoms with van der Waals surface area (Å²) >= 11 is 0. The highest BCUT2D eigenvalue weighted by Gasteiger charge is 2.11. The Morgan fingerprint density at radius 3 is 2.75 bits per heavy atom. The average Bonchev–Trinajstić information content (AvgIpc) is 2.87. The van der Waals surface area contributed by atoms with Crippen molar-refractivity contribution in [3.63, 3.8) is 0 Å². The maximum atomic E-state index is 10.5. The van der Waals surface area contributed by atoms with E-state index in [2.05, 4.69) is 10.4 Å². The summed E-state index contributed by atoms with van der Waals surface area (Å²) in [6.45, 7) is 2.55. The van der Waals surface area contributed by atoms with Crippen molar-refractivity contribution in [1.82, 2.24) is 9.78 Å². The highest BCUT2D eigenvalue weighted by Crippen LogP contribution is 2.10. The molecule has 20 heavy (non-hydrogen) atoms. The number of hydrogen-bond acceptors (Lipinski definition) is 5. The Kier molecular flexibility index (Phi) is 4.31. The summed E-state index contributed by atoms with van der Waals surface area (Å²) in [7, 11) is 0. The Balaban J connectivity index is 1.84. The summed E-state index contributed by atoms with van der Waals surface area (Å²) in [6, 6.07) is 7.82. The average molecular weight is 276 g/mol. The first-order valence-electron chi connectivity index (χ1n) is 6.20. The molecular weight excluding hydrogens is 260 g/mol. The van der Waals surface area contributed by atoms with Gasteiger partial charge in [-0.3, -0.25) is 14.8 Å².